The first-order valence-corrected chi connectivity index (χ1v) is 7.69. The highest BCUT2D eigenvalue weighted by Gasteiger charge is 2.11. The van der Waals surface area contributed by atoms with Crippen molar-refractivity contribution in [3.05, 3.63) is 47.9 Å². The molecule has 0 aliphatic carbocycles. The molecule has 0 aliphatic heterocycles. The molecule has 0 spiro atoms. The third kappa shape index (κ3) is 3.46. The average molecular weight is 323 g/mol. The zero-order valence-corrected chi connectivity index (χ0v) is 13.6. The molecule has 2 heterocycles. The number of para-hydroxylation sites is 2. The van der Waals surface area contributed by atoms with Crippen LogP contribution >= 0.6 is 0 Å². The fourth-order valence-electron chi connectivity index (χ4n) is 2.28. The Kier molecular flexibility index (Phi) is 4.62. The van der Waals surface area contributed by atoms with Crippen molar-refractivity contribution in [2.24, 2.45) is 0 Å². The summed E-state index contributed by atoms with van der Waals surface area (Å²) in [6, 6.07) is 7.61. The van der Waals surface area contributed by atoms with Gasteiger partial charge in [0.1, 0.15) is 11.3 Å². The molecule has 24 heavy (non-hydrogen) atoms. The van der Waals surface area contributed by atoms with Crippen LogP contribution in [-0.4, -0.2) is 27.2 Å². The number of imidazole rings is 1. The standard InChI is InChI=1S/C18H17N3O3/c1-3-23-18(22)21-12-14(19-13(21)2)8-4-7-11-17-20-15-9-5-6-10-16(15)24-17/h5-6,9-10,12H,3,8,11H2,1-2H3. The van der Waals surface area contributed by atoms with Crippen LogP contribution in [0.4, 0.5) is 4.79 Å². The summed E-state index contributed by atoms with van der Waals surface area (Å²) in [6.07, 6.45) is 2.12. The van der Waals surface area contributed by atoms with Gasteiger partial charge in [-0.25, -0.2) is 19.3 Å². The van der Waals surface area contributed by atoms with Crippen molar-refractivity contribution >= 4 is 17.2 Å². The van der Waals surface area contributed by atoms with Gasteiger partial charge >= 0.3 is 6.09 Å². The Labute approximate surface area is 139 Å². The van der Waals surface area contributed by atoms with Crippen molar-refractivity contribution in [3.63, 3.8) is 0 Å². The molecule has 0 saturated heterocycles. The van der Waals surface area contributed by atoms with E-state index < -0.39 is 6.09 Å². The number of nitrogens with zero attached hydrogens (tertiary/aromatic N) is 3. The minimum Gasteiger partial charge on any atom is -0.449 e. The second-order valence-corrected chi connectivity index (χ2v) is 5.13. The average Bonchev–Trinajstić information content (AvgIpc) is 3.14. The molecule has 0 bridgehead atoms. The lowest BCUT2D eigenvalue weighted by Gasteiger charge is -2.01. The fraction of sp³-hybridized carbons (Fsp3) is 0.278. The van der Waals surface area contributed by atoms with E-state index >= 15 is 0 Å². The number of aromatic nitrogens is 3. The fourth-order valence-corrected chi connectivity index (χ4v) is 2.28. The van der Waals surface area contributed by atoms with Crippen molar-refractivity contribution in [3.8, 4) is 11.8 Å². The first-order valence-electron chi connectivity index (χ1n) is 7.69. The summed E-state index contributed by atoms with van der Waals surface area (Å²) in [5.74, 6) is 7.23. The summed E-state index contributed by atoms with van der Waals surface area (Å²) in [4.78, 5) is 20.4. The van der Waals surface area contributed by atoms with E-state index in [0.29, 0.717) is 31.2 Å². The quantitative estimate of drug-likeness (QED) is 0.693. The molecule has 0 amide bonds. The van der Waals surface area contributed by atoms with Crippen LogP contribution < -0.4 is 0 Å². The molecule has 6 nitrogen and oxygen atoms in total. The highest BCUT2D eigenvalue weighted by Crippen LogP contribution is 2.14. The molecule has 0 aliphatic rings. The number of hydrogen-bond acceptors (Lipinski definition) is 5. The van der Waals surface area contributed by atoms with Gasteiger partial charge < -0.3 is 9.15 Å². The summed E-state index contributed by atoms with van der Waals surface area (Å²) in [5.41, 5.74) is 2.32. The first-order chi connectivity index (χ1) is 11.7. The third-order valence-corrected chi connectivity index (χ3v) is 3.37. The number of fused-ring (bicyclic) bond motifs is 1. The Bertz CT molecular complexity index is 895. The van der Waals surface area contributed by atoms with Gasteiger partial charge in [0.2, 0.25) is 5.89 Å². The van der Waals surface area contributed by atoms with Crippen molar-refractivity contribution in [2.75, 3.05) is 6.61 Å². The lowest BCUT2D eigenvalue weighted by molar-refractivity contribution is 0.153. The predicted molar refractivity (Wildman–Crippen MR) is 88.6 cm³/mol. The van der Waals surface area contributed by atoms with E-state index in [-0.39, 0.29) is 0 Å². The Morgan fingerprint density at radius 2 is 2.04 bits per heavy atom. The normalized spacial score (nSPS) is 10.4. The van der Waals surface area contributed by atoms with Gasteiger partial charge in [-0.2, -0.15) is 0 Å². The maximum atomic E-state index is 11.7. The number of ether oxygens (including phenoxy) is 1. The largest absolute Gasteiger partial charge is 0.449 e. The second-order valence-electron chi connectivity index (χ2n) is 5.13. The molecule has 0 radical (unpaired) electrons. The van der Waals surface area contributed by atoms with E-state index in [1.807, 2.05) is 24.3 Å². The van der Waals surface area contributed by atoms with Crippen LogP contribution in [0.2, 0.25) is 0 Å². The highest BCUT2D eigenvalue weighted by atomic mass is 16.5. The van der Waals surface area contributed by atoms with E-state index in [0.717, 1.165) is 16.8 Å². The molecule has 1 aromatic carbocycles. The first kappa shape index (κ1) is 15.8. The van der Waals surface area contributed by atoms with Crippen LogP contribution in [0.25, 0.3) is 11.1 Å². The van der Waals surface area contributed by atoms with Gasteiger partial charge in [0, 0.05) is 6.20 Å². The SMILES string of the molecule is CCOC(=O)n1cc(CC#CCc2nc3ccccc3o2)nc1C. The maximum Gasteiger partial charge on any atom is 0.419 e. The Hall–Kier alpha value is -3.07. The molecule has 0 fully saturated rings. The molecule has 122 valence electrons. The summed E-state index contributed by atoms with van der Waals surface area (Å²) >= 11 is 0. The van der Waals surface area contributed by atoms with Gasteiger partial charge in [0.05, 0.1) is 25.1 Å². The van der Waals surface area contributed by atoms with Gasteiger partial charge in [0.15, 0.2) is 5.58 Å². The van der Waals surface area contributed by atoms with Crippen molar-refractivity contribution < 1.29 is 13.9 Å². The number of aryl methyl sites for hydroxylation is 1. The van der Waals surface area contributed by atoms with E-state index in [1.165, 1.54) is 4.57 Å². The molecule has 3 aromatic rings. The van der Waals surface area contributed by atoms with Gasteiger partial charge in [-0.1, -0.05) is 24.0 Å². The number of hydrogen-bond donors (Lipinski definition) is 0. The van der Waals surface area contributed by atoms with Crippen LogP contribution in [-0.2, 0) is 17.6 Å². The van der Waals surface area contributed by atoms with Gasteiger partial charge in [-0.05, 0) is 26.0 Å². The minimum absolute atomic E-state index is 0.329. The minimum atomic E-state index is -0.423. The van der Waals surface area contributed by atoms with Crippen molar-refractivity contribution in [1.82, 2.24) is 14.5 Å². The maximum absolute atomic E-state index is 11.7. The summed E-state index contributed by atoms with van der Waals surface area (Å²) in [6.45, 7) is 3.85. The van der Waals surface area contributed by atoms with E-state index in [4.69, 9.17) is 9.15 Å². The zero-order chi connectivity index (χ0) is 16.9. The Morgan fingerprint density at radius 3 is 2.83 bits per heavy atom. The molecule has 3 rings (SSSR count). The number of benzene rings is 1. The molecule has 0 atom stereocenters. The third-order valence-electron chi connectivity index (χ3n) is 3.37. The van der Waals surface area contributed by atoms with E-state index in [2.05, 4.69) is 21.8 Å². The number of carbonyl (C=O) groups excluding carboxylic acids is 1. The van der Waals surface area contributed by atoms with Crippen LogP contribution in [0.5, 0.6) is 0 Å². The number of rotatable bonds is 3. The molecule has 0 N–H and O–H groups in total. The number of oxazole rings is 1. The molecular weight excluding hydrogens is 306 g/mol. The van der Waals surface area contributed by atoms with Gasteiger partial charge in [-0.15, -0.1) is 0 Å². The van der Waals surface area contributed by atoms with E-state index in [9.17, 15) is 4.79 Å². The van der Waals surface area contributed by atoms with Crippen LogP contribution in [0.3, 0.4) is 0 Å². The van der Waals surface area contributed by atoms with Gasteiger partial charge in [-0.3, -0.25) is 0 Å². The monoisotopic (exact) mass is 323 g/mol. The lowest BCUT2D eigenvalue weighted by Crippen LogP contribution is -2.13. The Morgan fingerprint density at radius 1 is 1.25 bits per heavy atom. The van der Waals surface area contributed by atoms with Crippen LogP contribution in [0.15, 0.2) is 34.9 Å². The van der Waals surface area contributed by atoms with Gasteiger partial charge in [0.25, 0.3) is 0 Å². The summed E-state index contributed by atoms with van der Waals surface area (Å²) in [5, 5.41) is 0. The lowest BCUT2D eigenvalue weighted by atomic mass is 10.3. The van der Waals surface area contributed by atoms with Crippen molar-refractivity contribution in [2.45, 2.75) is 26.7 Å². The molecular formula is C18H17N3O3. The highest BCUT2D eigenvalue weighted by molar-refractivity contribution is 5.72. The zero-order valence-electron chi connectivity index (χ0n) is 13.6. The van der Waals surface area contributed by atoms with Crippen LogP contribution in [0, 0.1) is 18.8 Å². The van der Waals surface area contributed by atoms with Crippen molar-refractivity contribution in [1.29, 1.82) is 0 Å². The van der Waals surface area contributed by atoms with E-state index in [1.54, 1.807) is 20.0 Å². The molecule has 2 aromatic heterocycles. The molecule has 0 unspecified atom stereocenters. The second kappa shape index (κ2) is 7.01. The molecule has 6 heteroatoms. The summed E-state index contributed by atoms with van der Waals surface area (Å²) < 4.78 is 12.0. The Balaban J connectivity index is 1.63. The number of carbonyl (C=O) groups is 1. The molecule has 0 saturated carbocycles. The topological polar surface area (TPSA) is 70.2 Å². The summed E-state index contributed by atoms with van der Waals surface area (Å²) in [7, 11) is 0. The van der Waals surface area contributed by atoms with Crippen LogP contribution in [0.1, 0.15) is 24.3 Å². The smallest absolute Gasteiger partial charge is 0.419 e. The predicted octanol–water partition coefficient (Wildman–Crippen LogP) is 3.13.